The van der Waals surface area contributed by atoms with Crippen molar-refractivity contribution in [1.82, 2.24) is 9.71 Å². The molecule has 1 atom stereocenters. The number of anilines is 1. The topological polar surface area (TPSA) is 88.2 Å². The van der Waals surface area contributed by atoms with Gasteiger partial charge in [0.2, 0.25) is 15.9 Å². The maximum atomic E-state index is 13.3. The number of halogens is 2. The second-order valence-corrected chi connectivity index (χ2v) is 8.36. The number of pyridine rings is 1. The van der Waals surface area contributed by atoms with Crippen LogP contribution in [0.3, 0.4) is 0 Å². The number of hydrogen-bond acceptors (Lipinski definition) is 5. The molecule has 0 spiro atoms. The summed E-state index contributed by atoms with van der Waals surface area (Å²) in [6, 6.07) is 5.26. The van der Waals surface area contributed by atoms with Crippen molar-refractivity contribution in [3.63, 3.8) is 0 Å². The predicted molar refractivity (Wildman–Crippen MR) is 101 cm³/mol. The highest BCUT2D eigenvalue weighted by Crippen LogP contribution is 2.20. The second kappa shape index (κ2) is 9.31. The molecule has 2 rings (SSSR count). The molecular formula is C16H17ClFN3O3S2. The monoisotopic (exact) mass is 417 g/mol. The molecule has 1 aromatic carbocycles. The van der Waals surface area contributed by atoms with Crippen molar-refractivity contribution >= 4 is 45.0 Å². The number of thioether (sulfide) groups is 1. The molecule has 26 heavy (non-hydrogen) atoms. The van der Waals surface area contributed by atoms with Crippen LogP contribution in [0.15, 0.2) is 47.6 Å². The average molecular weight is 418 g/mol. The van der Waals surface area contributed by atoms with E-state index < -0.39 is 27.8 Å². The SMILES string of the molecule is CSCC[C@H](NS(=O)(=O)c1ccc(F)c(Cl)c1)C(=O)Nc1ccncc1. The van der Waals surface area contributed by atoms with Gasteiger partial charge in [-0.1, -0.05) is 11.6 Å². The molecule has 140 valence electrons. The van der Waals surface area contributed by atoms with Crippen molar-refractivity contribution in [1.29, 1.82) is 0 Å². The molecule has 2 aromatic rings. The Morgan fingerprint density at radius 3 is 2.62 bits per heavy atom. The Morgan fingerprint density at radius 1 is 1.31 bits per heavy atom. The second-order valence-electron chi connectivity index (χ2n) is 5.26. The fourth-order valence-electron chi connectivity index (χ4n) is 2.04. The molecule has 1 amide bonds. The first-order valence-corrected chi connectivity index (χ1v) is 10.8. The number of carbonyl (C=O) groups excluding carboxylic acids is 1. The van der Waals surface area contributed by atoms with E-state index in [4.69, 9.17) is 11.6 Å². The fourth-order valence-corrected chi connectivity index (χ4v) is 4.02. The van der Waals surface area contributed by atoms with Crippen LogP contribution in [0.4, 0.5) is 10.1 Å². The lowest BCUT2D eigenvalue weighted by molar-refractivity contribution is -0.117. The van der Waals surface area contributed by atoms with Crippen LogP contribution in [0.25, 0.3) is 0 Å². The van der Waals surface area contributed by atoms with Crippen LogP contribution in [-0.2, 0) is 14.8 Å². The molecule has 0 radical (unpaired) electrons. The lowest BCUT2D eigenvalue weighted by Crippen LogP contribution is -2.44. The first-order chi connectivity index (χ1) is 12.3. The van der Waals surface area contributed by atoms with Gasteiger partial charge in [-0.2, -0.15) is 16.5 Å². The van der Waals surface area contributed by atoms with E-state index >= 15 is 0 Å². The van der Waals surface area contributed by atoms with Crippen molar-refractivity contribution in [3.8, 4) is 0 Å². The normalized spacial score (nSPS) is 12.6. The minimum Gasteiger partial charge on any atom is -0.325 e. The van der Waals surface area contributed by atoms with Crippen molar-refractivity contribution in [3.05, 3.63) is 53.6 Å². The lowest BCUT2D eigenvalue weighted by atomic mass is 10.2. The van der Waals surface area contributed by atoms with Crippen molar-refractivity contribution in [2.75, 3.05) is 17.3 Å². The molecule has 1 heterocycles. The van der Waals surface area contributed by atoms with Gasteiger partial charge in [0, 0.05) is 18.1 Å². The first kappa shape index (κ1) is 20.6. The summed E-state index contributed by atoms with van der Waals surface area (Å²) >= 11 is 7.14. The number of benzene rings is 1. The number of carbonyl (C=O) groups is 1. The van der Waals surface area contributed by atoms with Crippen LogP contribution in [0.2, 0.25) is 5.02 Å². The van der Waals surface area contributed by atoms with Crippen LogP contribution in [0, 0.1) is 5.82 Å². The number of nitrogens with one attached hydrogen (secondary N) is 2. The van der Waals surface area contributed by atoms with Crippen LogP contribution in [-0.4, -0.2) is 37.4 Å². The minimum atomic E-state index is -4.05. The summed E-state index contributed by atoms with van der Waals surface area (Å²) in [4.78, 5) is 16.1. The molecule has 0 unspecified atom stereocenters. The zero-order valence-corrected chi connectivity index (χ0v) is 16.2. The van der Waals surface area contributed by atoms with Gasteiger partial charge in [-0.3, -0.25) is 9.78 Å². The molecule has 0 aliphatic carbocycles. The third kappa shape index (κ3) is 5.66. The highest BCUT2D eigenvalue weighted by atomic mass is 35.5. The van der Waals surface area contributed by atoms with Crippen LogP contribution in [0.5, 0.6) is 0 Å². The highest BCUT2D eigenvalue weighted by Gasteiger charge is 2.26. The van der Waals surface area contributed by atoms with Gasteiger partial charge in [-0.15, -0.1) is 0 Å². The van der Waals surface area contributed by atoms with E-state index in [1.807, 2.05) is 6.26 Å². The molecule has 0 fully saturated rings. The number of rotatable bonds is 8. The van der Waals surface area contributed by atoms with Gasteiger partial charge in [0.1, 0.15) is 11.9 Å². The molecule has 10 heteroatoms. The minimum absolute atomic E-state index is 0.213. The van der Waals surface area contributed by atoms with Gasteiger partial charge in [0.15, 0.2) is 0 Å². The van der Waals surface area contributed by atoms with E-state index in [0.717, 1.165) is 18.2 Å². The van der Waals surface area contributed by atoms with E-state index in [1.54, 1.807) is 12.1 Å². The highest BCUT2D eigenvalue weighted by molar-refractivity contribution is 7.98. The van der Waals surface area contributed by atoms with E-state index in [0.29, 0.717) is 11.4 Å². The molecule has 6 nitrogen and oxygen atoms in total. The Morgan fingerprint density at radius 2 is 2.00 bits per heavy atom. The maximum absolute atomic E-state index is 13.3. The van der Waals surface area contributed by atoms with Gasteiger partial charge in [0.05, 0.1) is 9.92 Å². The van der Waals surface area contributed by atoms with Crippen molar-refractivity contribution in [2.45, 2.75) is 17.4 Å². The number of hydrogen-bond donors (Lipinski definition) is 2. The van der Waals surface area contributed by atoms with E-state index in [1.165, 1.54) is 24.2 Å². The molecular weight excluding hydrogens is 401 g/mol. The third-order valence-electron chi connectivity index (χ3n) is 3.37. The van der Waals surface area contributed by atoms with Gasteiger partial charge >= 0.3 is 0 Å². The maximum Gasteiger partial charge on any atom is 0.242 e. The number of nitrogens with zero attached hydrogens (tertiary/aromatic N) is 1. The lowest BCUT2D eigenvalue weighted by Gasteiger charge is -2.18. The summed E-state index contributed by atoms with van der Waals surface area (Å²) in [5.41, 5.74) is 0.503. The zero-order valence-electron chi connectivity index (χ0n) is 13.8. The van der Waals surface area contributed by atoms with Gasteiger partial charge in [-0.25, -0.2) is 12.8 Å². The smallest absolute Gasteiger partial charge is 0.242 e. The Kier molecular flexibility index (Phi) is 7.39. The summed E-state index contributed by atoms with van der Waals surface area (Å²) in [5.74, 6) is -0.650. The average Bonchev–Trinajstić information content (AvgIpc) is 2.61. The molecule has 0 aliphatic rings. The Balaban J connectivity index is 2.20. The summed E-state index contributed by atoms with van der Waals surface area (Å²) in [7, 11) is -4.05. The number of amides is 1. The van der Waals surface area contributed by atoms with Crippen LogP contribution >= 0.6 is 23.4 Å². The Labute approximate surface area is 160 Å². The molecule has 2 N–H and O–H groups in total. The fraction of sp³-hybridized carbons (Fsp3) is 0.250. The number of sulfonamides is 1. The quantitative estimate of drug-likeness (QED) is 0.689. The number of aromatic nitrogens is 1. The summed E-state index contributed by atoms with van der Waals surface area (Å²) in [6.45, 7) is 0. The molecule has 0 saturated heterocycles. The summed E-state index contributed by atoms with van der Waals surface area (Å²) < 4.78 is 40.7. The molecule has 0 bridgehead atoms. The van der Waals surface area contributed by atoms with Gasteiger partial charge in [0.25, 0.3) is 0 Å². The van der Waals surface area contributed by atoms with E-state index in [9.17, 15) is 17.6 Å². The Bertz CT molecular complexity index is 866. The Hall–Kier alpha value is -1.68. The predicted octanol–water partition coefficient (Wildman–Crippen LogP) is 2.91. The zero-order chi connectivity index (χ0) is 19.2. The van der Waals surface area contributed by atoms with Crippen LogP contribution < -0.4 is 10.0 Å². The van der Waals surface area contributed by atoms with Crippen LogP contribution in [0.1, 0.15) is 6.42 Å². The van der Waals surface area contributed by atoms with E-state index in [-0.39, 0.29) is 16.3 Å². The van der Waals surface area contributed by atoms with Gasteiger partial charge in [-0.05, 0) is 48.8 Å². The largest absolute Gasteiger partial charge is 0.325 e. The standard InChI is InChI=1S/C16H17ClFN3O3S2/c1-25-9-6-15(16(22)20-11-4-7-19-8-5-11)21-26(23,24)12-2-3-14(18)13(17)10-12/h2-5,7-8,10,15,21H,6,9H2,1H3,(H,19,20,22)/t15-/m0/s1. The third-order valence-corrected chi connectivity index (χ3v) is 5.78. The van der Waals surface area contributed by atoms with Crippen molar-refractivity contribution in [2.24, 2.45) is 0 Å². The van der Waals surface area contributed by atoms with E-state index in [2.05, 4.69) is 15.0 Å². The van der Waals surface area contributed by atoms with Gasteiger partial charge < -0.3 is 5.32 Å². The first-order valence-electron chi connectivity index (χ1n) is 7.50. The molecule has 1 aromatic heterocycles. The van der Waals surface area contributed by atoms with Crippen molar-refractivity contribution < 1.29 is 17.6 Å². The molecule has 0 saturated carbocycles. The molecule has 0 aliphatic heterocycles. The summed E-state index contributed by atoms with van der Waals surface area (Å²) in [6.07, 6.45) is 5.16. The summed E-state index contributed by atoms with van der Waals surface area (Å²) in [5, 5.41) is 2.33.